The number of aryl methyl sites for hydroxylation is 1. The van der Waals surface area contributed by atoms with Crippen molar-refractivity contribution in [1.82, 2.24) is 0 Å². The summed E-state index contributed by atoms with van der Waals surface area (Å²) in [4.78, 5) is 23.2. The van der Waals surface area contributed by atoms with Crippen molar-refractivity contribution in [2.45, 2.75) is 51.6 Å². The van der Waals surface area contributed by atoms with E-state index in [1.165, 1.54) is 0 Å². The summed E-state index contributed by atoms with van der Waals surface area (Å²) in [5.74, 6) is -1.03. The van der Waals surface area contributed by atoms with Crippen LogP contribution in [-0.4, -0.2) is 36.4 Å². The van der Waals surface area contributed by atoms with Gasteiger partial charge >= 0.3 is 11.9 Å². The highest BCUT2D eigenvalue weighted by Gasteiger charge is 2.41. The van der Waals surface area contributed by atoms with Crippen LogP contribution in [0, 0.1) is 5.92 Å². The van der Waals surface area contributed by atoms with Crippen LogP contribution in [0.1, 0.15) is 54.9 Å². The number of carbonyl (C=O) groups excluding carboxylic acids is 2. The largest absolute Gasteiger partial charge is 0.462 e. The Bertz CT molecular complexity index is 554. The lowest BCUT2D eigenvalue weighted by Crippen LogP contribution is -2.47. The maximum absolute atomic E-state index is 12.1. The molecule has 1 aliphatic rings. The minimum Gasteiger partial charge on any atom is -0.462 e. The van der Waals surface area contributed by atoms with E-state index in [0.29, 0.717) is 25.0 Å². The standard InChI is InChI=1S/C19H26O5/c1-2-3-4-5-11-23-18(21)15-8-6-7-14(12-15)9-10-17-16(13-20)19(22)24-17/h6-8,12,16-17,20H,2-5,9-11,13H2,1H3/t16-,17-/m0/s1. The van der Waals surface area contributed by atoms with Crippen molar-refractivity contribution < 1.29 is 24.2 Å². The first-order valence-electron chi connectivity index (χ1n) is 8.73. The Morgan fingerprint density at radius 3 is 2.83 bits per heavy atom. The Labute approximate surface area is 143 Å². The summed E-state index contributed by atoms with van der Waals surface area (Å²) < 4.78 is 10.3. The summed E-state index contributed by atoms with van der Waals surface area (Å²) in [7, 11) is 0. The summed E-state index contributed by atoms with van der Waals surface area (Å²) in [5, 5.41) is 9.12. The fourth-order valence-corrected chi connectivity index (χ4v) is 2.79. The SMILES string of the molecule is CCCCCCOC(=O)c1cccc(CC[C@@H]2OC(=O)[C@H]2CO)c1. The smallest absolute Gasteiger partial charge is 0.338 e. The Morgan fingerprint density at radius 1 is 1.29 bits per heavy atom. The zero-order valence-electron chi connectivity index (χ0n) is 14.2. The van der Waals surface area contributed by atoms with Gasteiger partial charge in [0.05, 0.1) is 18.8 Å². The molecule has 1 aromatic rings. The average molecular weight is 334 g/mol. The van der Waals surface area contributed by atoms with Crippen molar-refractivity contribution in [3.05, 3.63) is 35.4 Å². The summed E-state index contributed by atoms with van der Waals surface area (Å²) >= 11 is 0. The molecule has 0 unspecified atom stereocenters. The number of benzene rings is 1. The first-order valence-corrected chi connectivity index (χ1v) is 8.73. The molecule has 0 aliphatic carbocycles. The number of rotatable bonds is 10. The molecule has 0 saturated carbocycles. The van der Waals surface area contributed by atoms with Crippen LogP contribution < -0.4 is 0 Å². The number of esters is 2. The molecule has 1 saturated heterocycles. The zero-order valence-corrected chi connectivity index (χ0v) is 14.2. The molecule has 1 heterocycles. The van der Waals surface area contributed by atoms with Gasteiger partial charge in [0.1, 0.15) is 12.0 Å². The van der Waals surface area contributed by atoms with Gasteiger partial charge in [-0.15, -0.1) is 0 Å². The molecule has 5 nitrogen and oxygen atoms in total. The fraction of sp³-hybridized carbons (Fsp3) is 0.579. The topological polar surface area (TPSA) is 72.8 Å². The number of aliphatic hydroxyl groups is 1. The molecule has 0 radical (unpaired) electrons. The summed E-state index contributed by atoms with van der Waals surface area (Å²) in [5.41, 5.74) is 1.54. The molecular formula is C19H26O5. The van der Waals surface area contributed by atoms with Gasteiger partial charge in [-0.3, -0.25) is 4.79 Å². The second-order valence-corrected chi connectivity index (χ2v) is 6.20. The molecule has 2 rings (SSSR count). The first-order chi connectivity index (χ1) is 11.7. The number of unbranched alkanes of at least 4 members (excludes halogenated alkanes) is 3. The quantitative estimate of drug-likeness (QED) is 0.526. The predicted molar refractivity (Wildman–Crippen MR) is 89.6 cm³/mol. The van der Waals surface area contributed by atoms with Crippen LogP contribution >= 0.6 is 0 Å². The molecule has 0 bridgehead atoms. The lowest BCUT2D eigenvalue weighted by atomic mass is 9.92. The highest BCUT2D eigenvalue weighted by Crippen LogP contribution is 2.26. The van der Waals surface area contributed by atoms with Gasteiger partial charge < -0.3 is 14.6 Å². The maximum atomic E-state index is 12.1. The van der Waals surface area contributed by atoms with E-state index < -0.39 is 5.92 Å². The van der Waals surface area contributed by atoms with Crippen molar-refractivity contribution in [1.29, 1.82) is 0 Å². The van der Waals surface area contributed by atoms with Gasteiger partial charge in [0.25, 0.3) is 0 Å². The monoisotopic (exact) mass is 334 g/mol. The van der Waals surface area contributed by atoms with E-state index in [1.807, 2.05) is 18.2 Å². The predicted octanol–water partition coefficient (Wildman–Crippen LogP) is 2.89. The summed E-state index contributed by atoms with van der Waals surface area (Å²) in [6.07, 6.45) is 5.40. The van der Waals surface area contributed by atoms with E-state index >= 15 is 0 Å². The summed E-state index contributed by atoms with van der Waals surface area (Å²) in [6.45, 7) is 2.43. The first kappa shape index (κ1) is 18.5. The third-order valence-corrected chi connectivity index (χ3v) is 4.33. The van der Waals surface area contributed by atoms with E-state index in [4.69, 9.17) is 14.6 Å². The van der Waals surface area contributed by atoms with Crippen LogP contribution in [0.15, 0.2) is 24.3 Å². The highest BCUT2D eigenvalue weighted by molar-refractivity contribution is 5.89. The minimum absolute atomic E-state index is 0.173. The Kier molecular flexibility index (Phi) is 7.25. The van der Waals surface area contributed by atoms with E-state index in [2.05, 4.69) is 6.92 Å². The number of cyclic esters (lactones) is 1. The van der Waals surface area contributed by atoms with Crippen LogP contribution in [0.2, 0.25) is 0 Å². The van der Waals surface area contributed by atoms with Crippen LogP contribution in [0.5, 0.6) is 0 Å². The molecule has 132 valence electrons. The second-order valence-electron chi connectivity index (χ2n) is 6.20. The molecule has 1 fully saturated rings. The van der Waals surface area contributed by atoms with Crippen LogP contribution in [0.3, 0.4) is 0 Å². The van der Waals surface area contributed by atoms with Gasteiger partial charge in [-0.1, -0.05) is 38.3 Å². The van der Waals surface area contributed by atoms with Crippen molar-refractivity contribution in [3.63, 3.8) is 0 Å². The number of hydrogen-bond donors (Lipinski definition) is 1. The zero-order chi connectivity index (χ0) is 17.4. The minimum atomic E-state index is -0.402. The van der Waals surface area contributed by atoms with Crippen molar-refractivity contribution >= 4 is 11.9 Å². The molecule has 0 amide bonds. The molecule has 1 aliphatic heterocycles. The second kappa shape index (κ2) is 9.42. The normalized spacial score (nSPS) is 19.5. The number of carbonyl (C=O) groups is 2. The van der Waals surface area contributed by atoms with E-state index in [-0.39, 0.29) is 24.6 Å². The lowest BCUT2D eigenvalue weighted by molar-refractivity contribution is -0.188. The molecule has 2 atom stereocenters. The number of aliphatic hydroxyl groups excluding tert-OH is 1. The summed E-state index contributed by atoms with van der Waals surface area (Å²) in [6, 6.07) is 7.34. The van der Waals surface area contributed by atoms with Gasteiger partial charge in [0.2, 0.25) is 0 Å². The molecule has 0 aromatic heterocycles. The molecule has 1 N–H and O–H groups in total. The Hall–Kier alpha value is -1.88. The average Bonchev–Trinajstić information content (AvgIpc) is 2.58. The molecular weight excluding hydrogens is 308 g/mol. The number of hydrogen-bond acceptors (Lipinski definition) is 5. The molecule has 0 spiro atoms. The van der Waals surface area contributed by atoms with E-state index in [0.717, 1.165) is 31.2 Å². The Morgan fingerprint density at radius 2 is 2.12 bits per heavy atom. The highest BCUT2D eigenvalue weighted by atomic mass is 16.6. The maximum Gasteiger partial charge on any atom is 0.338 e. The van der Waals surface area contributed by atoms with Crippen LogP contribution in [-0.2, 0) is 20.7 Å². The fourth-order valence-electron chi connectivity index (χ4n) is 2.79. The van der Waals surface area contributed by atoms with Crippen molar-refractivity contribution in [2.24, 2.45) is 5.92 Å². The van der Waals surface area contributed by atoms with Gasteiger partial charge in [-0.2, -0.15) is 0 Å². The molecule has 24 heavy (non-hydrogen) atoms. The van der Waals surface area contributed by atoms with E-state index in [1.54, 1.807) is 6.07 Å². The van der Waals surface area contributed by atoms with Crippen molar-refractivity contribution in [2.75, 3.05) is 13.2 Å². The third kappa shape index (κ3) is 5.06. The van der Waals surface area contributed by atoms with Crippen molar-refractivity contribution in [3.8, 4) is 0 Å². The lowest BCUT2D eigenvalue weighted by Gasteiger charge is -2.33. The van der Waals surface area contributed by atoms with Crippen LogP contribution in [0.25, 0.3) is 0 Å². The van der Waals surface area contributed by atoms with Crippen LogP contribution in [0.4, 0.5) is 0 Å². The van der Waals surface area contributed by atoms with Gasteiger partial charge in [-0.05, 0) is 37.0 Å². The van der Waals surface area contributed by atoms with E-state index in [9.17, 15) is 9.59 Å². The molecule has 1 aromatic carbocycles. The Balaban J connectivity index is 1.78. The van der Waals surface area contributed by atoms with Gasteiger partial charge in [-0.25, -0.2) is 4.79 Å². The van der Waals surface area contributed by atoms with Gasteiger partial charge in [0, 0.05) is 0 Å². The third-order valence-electron chi connectivity index (χ3n) is 4.33. The molecule has 5 heteroatoms. The number of ether oxygens (including phenoxy) is 2. The van der Waals surface area contributed by atoms with Gasteiger partial charge in [0.15, 0.2) is 0 Å².